The van der Waals surface area contributed by atoms with Gasteiger partial charge in [0.1, 0.15) is 5.78 Å². The SMILES string of the molecule is CN(CC1CC(C)(C)CCC1=O)CC1(O)CCCC1. The van der Waals surface area contributed by atoms with Crippen molar-refractivity contribution in [2.24, 2.45) is 11.3 Å². The van der Waals surface area contributed by atoms with Crippen LogP contribution in [0.2, 0.25) is 0 Å². The molecule has 110 valence electrons. The molecule has 3 nitrogen and oxygen atoms in total. The molecule has 2 aliphatic carbocycles. The van der Waals surface area contributed by atoms with Gasteiger partial charge in [-0.05, 0) is 38.1 Å². The molecule has 0 aliphatic heterocycles. The highest BCUT2D eigenvalue weighted by molar-refractivity contribution is 5.82. The molecule has 2 aliphatic rings. The molecule has 1 unspecified atom stereocenters. The van der Waals surface area contributed by atoms with Gasteiger partial charge in [-0.25, -0.2) is 0 Å². The molecule has 2 rings (SSSR count). The van der Waals surface area contributed by atoms with Gasteiger partial charge in [0.05, 0.1) is 5.60 Å². The highest BCUT2D eigenvalue weighted by Crippen LogP contribution is 2.37. The Hall–Kier alpha value is -0.410. The molecule has 19 heavy (non-hydrogen) atoms. The molecule has 0 aromatic carbocycles. The minimum absolute atomic E-state index is 0.166. The van der Waals surface area contributed by atoms with Gasteiger partial charge in [0, 0.05) is 25.4 Å². The minimum Gasteiger partial charge on any atom is -0.389 e. The number of ketones is 1. The standard InChI is InChI=1S/C16H29NO2/c1-15(2)9-6-14(18)13(10-15)11-17(3)12-16(19)7-4-5-8-16/h13,19H,4-12H2,1-3H3. The summed E-state index contributed by atoms with van der Waals surface area (Å²) in [6.07, 6.45) is 6.86. The van der Waals surface area contributed by atoms with E-state index in [2.05, 4.69) is 18.7 Å². The molecular weight excluding hydrogens is 238 g/mol. The molecule has 2 saturated carbocycles. The van der Waals surface area contributed by atoms with Crippen LogP contribution in [-0.2, 0) is 4.79 Å². The summed E-state index contributed by atoms with van der Waals surface area (Å²) >= 11 is 0. The number of carbonyl (C=O) groups excluding carboxylic acids is 1. The summed E-state index contributed by atoms with van der Waals surface area (Å²) < 4.78 is 0. The first-order valence-corrected chi connectivity index (χ1v) is 7.73. The number of nitrogens with zero attached hydrogens (tertiary/aromatic N) is 1. The second-order valence-electron chi connectivity index (χ2n) is 7.66. The maximum Gasteiger partial charge on any atom is 0.137 e. The lowest BCUT2D eigenvalue weighted by Gasteiger charge is -2.37. The van der Waals surface area contributed by atoms with Crippen molar-refractivity contribution in [3.63, 3.8) is 0 Å². The van der Waals surface area contributed by atoms with E-state index in [1.807, 2.05) is 7.05 Å². The molecule has 0 amide bonds. The van der Waals surface area contributed by atoms with Crippen LogP contribution in [0.15, 0.2) is 0 Å². The second kappa shape index (κ2) is 5.53. The van der Waals surface area contributed by atoms with Crippen LogP contribution in [0.3, 0.4) is 0 Å². The fraction of sp³-hybridized carbons (Fsp3) is 0.938. The zero-order valence-corrected chi connectivity index (χ0v) is 12.7. The van der Waals surface area contributed by atoms with Crippen molar-refractivity contribution >= 4 is 5.78 Å². The third kappa shape index (κ3) is 4.03. The van der Waals surface area contributed by atoms with Crippen molar-refractivity contribution in [3.05, 3.63) is 0 Å². The topological polar surface area (TPSA) is 40.5 Å². The van der Waals surface area contributed by atoms with Crippen molar-refractivity contribution < 1.29 is 9.90 Å². The van der Waals surface area contributed by atoms with Crippen LogP contribution < -0.4 is 0 Å². The number of Topliss-reactive ketones (excluding diaryl/α,β-unsaturated/α-hetero) is 1. The minimum atomic E-state index is -0.498. The smallest absolute Gasteiger partial charge is 0.137 e. The predicted molar refractivity (Wildman–Crippen MR) is 77.0 cm³/mol. The highest BCUT2D eigenvalue weighted by atomic mass is 16.3. The van der Waals surface area contributed by atoms with E-state index in [-0.39, 0.29) is 5.92 Å². The Morgan fingerprint density at radius 3 is 2.53 bits per heavy atom. The van der Waals surface area contributed by atoms with Crippen LogP contribution in [0.4, 0.5) is 0 Å². The fourth-order valence-electron chi connectivity index (χ4n) is 3.85. The summed E-state index contributed by atoms with van der Waals surface area (Å²) in [7, 11) is 2.05. The van der Waals surface area contributed by atoms with Crippen LogP contribution in [0.1, 0.15) is 58.8 Å². The maximum atomic E-state index is 12.0. The third-order valence-electron chi connectivity index (χ3n) is 4.93. The summed E-state index contributed by atoms with van der Waals surface area (Å²) in [6, 6.07) is 0. The fourth-order valence-corrected chi connectivity index (χ4v) is 3.85. The van der Waals surface area contributed by atoms with Crippen LogP contribution in [0.25, 0.3) is 0 Å². The average Bonchev–Trinajstić information content (AvgIpc) is 2.69. The number of hydrogen-bond donors (Lipinski definition) is 1. The third-order valence-corrected chi connectivity index (χ3v) is 4.93. The highest BCUT2D eigenvalue weighted by Gasteiger charge is 2.36. The summed E-state index contributed by atoms with van der Waals surface area (Å²) in [5, 5.41) is 10.4. The Morgan fingerprint density at radius 2 is 1.89 bits per heavy atom. The van der Waals surface area contributed by atoms with Gasteiger partial charge >= 0.3 is 0 Å². The molecule has 2 fully saturated rings. The van der Waals surface area contributed by atoms with Gasteiger partial charge < -0.3 is 10.0 Å². The van der Waals surface area contributed by atoms with E-state index in [0.29, 0.717) is 11.2 Å². The lowest BCUT2D eigenvalue weighted by Crippen LogP contribution is -2.44. The van der Waals surface area contributed by atoms with Gasteiger partial charge in [-0.15, -0.1) is 0 Å². The number of likely N-dealkylation sites (N-methyl/N-ethyl adjacent to an activating group) is 1. The monoisotopic (exact) mass is 267 g/mol. The maximum absolute atomic E-state index is 12.0. The predicted octanol–water partition coefficient (Wildman–Crippen LogP) is 2.62. The summed E-state index contributed by atoms with van der Waals surface area (Å²) in [4.78, 5) is 14.2. The normalized spacial score (nSPS) is 29.9. The van der Waals surface area contributed by atoms with Gasteiger partial charge in [-0.3, -0.25) is 4.79 Å². The van der Waals surface area contributed by atoms with Crippen LogP contribution in [0.5, 0.6) is 0 Å². The largest absolute Gasteiger partial charge is 0.389 e. The first kappa shape index (κ1) is 15.0. The molecule has 0 saturated heterocycles. The summed E-state index contributed by atoms with van der Waals surface area (Å²) in [6.45, 7) is 6.05. The van der Waals surface area contributed by atoms with Gasteiger partial charge in [0.2, 0.25) is 0 Å². The molecule has 0 spiro atoms. The molecular formula is C16H29NO2. The van der Waals surface area contributed by atoms with E-state index in [9.17, 15) is 9.90 Å². The number of rotatable bonds is 4. The number of hydrogen-bond acceptors (Lipinski definition) is 3. The molecule has 0 radical (unpaired) electrons. The molecule has 0 bridgehead atoms. The number of carbonyl (C=O) groups is 1. The first-order valence-electron chi connectivity index (χ1n) is 7.73. The van der Waals surface area contributed by atoms with Crippen molar-refractivity contribution in [3.8, 4) is 0 Å². The van der Waals surface area contributed by atoms with Crippen LogP contribution in [-0.4, -0.2) is 41.5 Å². The van der Waals surface area contributed by atoms with E-state index in [0.717, 1.165) is 58.0 Å². The second-order valence-corrected chi connectivity index (χ2v) is 7.66. The molecule has 3 heteroatoms. The Bertz CT molecular complexity index is 332. The molecule has 0 aromatic heterocycles. The summed E-state index contributed by atoms with van der Waals surface area (Å²) in [5.41, 5.74) is -0.203. The van der Waals surface area contributed by atoms with Crippen molar-refractivity contribution in [2.75, 3.05) is 20.1 Å². The van der Waals surface area contributed by atoms with E-state index in [4.69, 9.17) is 0 Å². The van der Waals surface area contributed by atoms with Crippen molar-refractivity contribution in [1.82, 2.24) is 4.90 Å². The Balaban J connectivity index is 1.87. The average molecular weight is 267 g/mol. The van der Waals surface area contributed by atoms with E-state index >= 15 is 0 Å². The van der Waals surface area contributed by atoms with E-state index in [1.54, 1.807) is 0 Å². The van der Waals surface area contributed by atoms with E-state index < -0.39 is 5.60 Å². The molecule has 1 atom stereocenters. The van der Waals surface area contributed by atoms with Crippen molar-refractivity contribution in [2.45, 2.75) is 64.4 Å². The summed E-state index contributed by atoms with van der Waals surface area (Å²) in [5.74, 6) is 0.586. The van der Waals surface area contributed by atoms with Gasteiger partial charge in [-0.2, -0.15) is 0 Å². The van der Waals surface area contributed by atoms with Gasteiger partial charge in [-0.1, -0.05) is 26.7 Å². The van der Waals surface area contributed by atoms with E-state index in [1.165, 1.54) is 0 Å². The zero-order chi connectivity index (χ0) is 14.1. The molecule has 1 N–H and O–H groups in total. The molecule has 0 heterocycles. The lowest BCUT2D eigenvalue weighted by molar-refractivity contribution is -0.128. The first-order chi connectivity index (χ1) is 8.80. The van der Waals surface area contributed by atoms with Gasteiger partial charge in [0.15, 0.2) is 0 Å². The van der Waals surface area contributed by atoms with Crippen molar-refractivity contribution in [1.29, 1.82) is 0 Å². The number of aliphatic hydroxyl groups is 1. The van der Waals surface area contributed by atoms with Gasteiger partial charge in [0.25, 0.3) is 0 Å². The lowest BCUT2D eigenvalue weighted by atomic mass is 9.71. The van der Waals surface area contributed by atoms with Crippen LogP contribution in [0, 0.1) is 11.3 Å². The Labute approximate surface area is 117 Å². The molecule has 0 aromatic rings. The Morgan fingerprint density at radius 1 is 1.26 bits per heavy atom. The Kier molecular flexibility index (Phi) is 4.36. The van der Waals surface area contributed by atoms with Crippen LogP contribution >= 0.6 is 0 Å². The quantitative estimate of drug-likeness (QED) is 0.851. The zero-order valence-electron chi connectivity index (χ0n) is 12.7.